The average molecular weight is 80.9 g/mol. The Morgan fingerprint density at radius 2 is 1.67 bits per heavy atom. The molecule has 34 valence electrons. The van der Waals surface area contributed by atoms with Crippen molar-refractivity contribution in [2.24, 2.45) is 0 Å². The lowest BCUT2D eigenvalue weighted by Gasteiger charge is -2.18. The summed E-state index contributed by atoms with van der Waals surface area (Å²) in [5, 5.41) is 0. The van der Waals surface area contributed by atoms with Crippen LogP contribution in [0.1, 0.15) is 26.7 Å². The number of hydrogen-bond acceptors (Lipinski definition) is 0. The second-order valence-corrected chi connectivity index (χ2v) is 1.37. The second-order valence-electron chi connectivity index (χ2n) is 1.37. The average Bonchev–Trinajstić information content (AvgIpc) is 1.65. The van der Waals surface area contributed by atoms with Gasteiger partial charge in [-0.25, -0.2) is 0 Å². The molecule has 0 saturated heterocycles. The van der Waals surface area contributed by atoms with Gasteiger partial charge in [0.1, 0.15) is 0 Å². The van der Waals surface area contributed by atoms with E-state index < -0.39 is 0 Å². The summed E-state index contributed by atoms with van der Waals surface area (Å²) < 4.78 is 0. The molecule has 0 aliphatic carbocycles. The molecular formula is C5H10B-. The molecule has 0 atom stereocenters. The molecule has 0 bridgehead atoms. The summed E-state index contributed by atoms with van der Waals surface area (Å²) in [6.45, 7) is 4.14. The molecule has 0 aromatic heterocycles. The largest absolute Gasteiger partial charge is 0.353 e. The summed E-state index contributed by atoms with van der Waals surface area (Å²) in [5.74, 6) is 1.09. The van der Waals surface area contributed by atoms with E-state index in [2.05, 4.69) is 13.8 Å². The smallest absolute Gasteiger partial charge is 0.0928 e. The summed E-state index contributed by atoms with van der Waals surface area (Å²) >= 11 is 0. The zero-order valence-electron chi connectivity index (χ0n) is 4.49. The minimum atomic E-state index is 1.02. The van der Waals surface area contributed by atoms with Crippen molar-refractivity contribution < 1.29 is 0 Å². The van der Waals surface area contributed by atoms with Gasteiger partial charge >= 0.3 is 0 Å². The number of rotatable bonds is 2. The third-order valence-electron chi connectivity index (χ3n) is 0.908. The Hall–Kier alpha value is 0.0649. The molecule has 0 heterocycles. The van der Waals surface area contributed by atoms with Gasteiger partial charge in [-0.15, -0.1) is 0 Å². The first kappa shape index (κ1) is 6.06. The van der Waals surface area contributed by atoms with E-state index >= 15 is 0 Å². The standard InChI is InChI=1S/C5H10B/c1-3-5(6)4-2/h3-4H2,1-2H3/q-1. The Labute approximate surface area is 41.4 Å². The zero-order chi connectivity index (χ0) is 4.99. The van der Waals surface area contributed by atoms with Gasteiger partial charge in [0, 0.05) is 0 Å². The van der Waals surface area contributed by atoms with Crippen molar-refractivity contribution in [1.29, 1.82) is 0 Å². The highest BCUT2D eigenvalue weighted by molar-refractivity contribution is 6.18. The zero-order valence-corrected chi connectivity index (χ0v) is 4.49. The van der Waals surface area contributed by atoms with E-state index in [1.54, 1.807) is 0 Å². The highest BCUT2D eigenvalue weighted by Gasteiger charge is 1.70. The first-order valence-electron chi connectivity index (χ1n) is 2.41. The molecule has 0 saturated carbocycles. The quantitative estimate of drug-likeness (QED) is 0.349. The van der Waals surface area contributed by atoms with Crippen LogP contribution in [-0.2, 0) is 0 Å². The molecule has 0 fully saturated rings. The van der Waals surface area contributed by atoms with E-state index in [1.807, 2.05) is 0 Å². The van der Waals surface area contributed by atoms with Crippen LogP contribution >= 0.6 is 0 Å². The van der Waals surface area contributed by atoms with Crippen LogP contribution in [0.3, 0.4) is 0 Å². The fourth-order valence-electron chi connectivity index (χ4n) is 0.250. The van der Waals surface area contributed by atoms with Crippen molar-refractivity contribution in [3.05, 3.63) is 5.82 Å². The van der Waals surface area contributed by atoms with Gasteiger partial charge in [-0.05, 0) is 0 Å². The summed E-state index contributed by atoms with van der Waals surface area (Å²) in [7, 11) is 5.39. The van der Waals surface area contributed by atoms with Gasteiger partial charge in [-0.3, -0.25) is 0 Å². The van der Waals surface area contributed by atoms with Crippen LogP contribution in [0.4, 0.5) is 0 Å². The number of hydrogen-bond donors (Lipinski definition) is 0. The van der Waals surface area contributed by atoms with Crippen LogP contribution in [0.2, 0.25) is 0 Å². The van der Waals surface area contributed by atoms with Gasteiger partial charge in [-0.2, -0.15) is 20.7 Å². The third kappa shape index (κ3) is 2.31. The topological polar surface area (TPSA) is 0 Å². The van der Waals surface area contributed by atoms with Crippen LogP contribution < -0.4 is 0 Å². The lowest BCUT2D eigenvalue weighted by atomic mass is 9.83. The minimum Gasteiger partial charge on any atom is -0.353 e. The lowest BCUT2D eigenvalue weighted by molar-refractivity contribution is 0.924. The predicted octanol–water partition coefficient (Wildman–Crippen LogP) is 1.51. The first-order valence-corrected chi connectivity index (χ1v) is 2.41. The Morgan fingerprint density at radius 1 is 1.33 bits per heavy atom. The van der Waals surface area contributed by atoms with Crippen LogP contribution in [0.15, 0.2) is 0 Å². The summed E-state index contributed by atoms with van der Waals surface area (Å²) in [6, 6.07) is 0. The molecule has 2 radical (unpaired) electrons. The van der Waals surface area contributed by atoms with Crippen LogP contribution in [0.25, 0.3) is 0 Å². The fraction of sp³-hybridized carbons (Fsp3) is 0.800. The second kappa shape index (κ2) is 3.26. The van der Waals surface area contributed by atoms with E-state index in [0.717, 1.165) is 18.7 Å². The highest BCUT2D eigenvalue weighted by atomic mass is 13.9. The van der Waals surface area contributed by atoms with E-state index in [1.165, 1.54) is 0 Å². The van der Waals surface area contributed by atoms with E-state index in [9.17, 15) is 0 Å². The minimum absolute atomic E-state index is 1.02. The maximum absolute atomic E-state index is 5.39. The molecule has 0 unspecified atom stereocenters. The monoisotopic (exact) mass is 81.1 g/mol. The molecule has 0 nitrogen and oxygen atoms in total. The Bertz CT molecular complexity index is 23.1. The Kier molecular flexibility index (Phi) is 3.30. The van der Waals surface area contributed by atoms with Crippen molar-refractivity contribution in [1.82, 2.24) is 0 Å². The maximum Gasteiger partial charge on any atom is -0.0928 e. The molecule has 0 spiro atoms. The third-order valence-corrected chi connectivity index (χ3v) is 0.908. The van der Waals surface area contributed by atoms with E-state index in [0.29, 0.717) is 0 Å². The molecule has 0 aliphatic heterocycles. The van der Waals surface area contributed by atoms with Crippen molar-refractivity contribution in [2.75, 3.05) is 0 Å². The first-order chi connectivity index (χ1) is 2.81. The van der Waals surface area contributed by atoms with Gasteiger partial charge in [0.15, 0.2) is 0 Å². The molecule has 0 rings (SSSR count). The summed E-state index contributed by atoms with van der Waals surface area (Å²) in [5.41, 5.74) is 0. The van der Waals surface area contributed by atoms with Crippen molar-refractivity contribution in [3.63, 3.8) is 0 Å². The summed E-state index contributed by atoms with van der Waals surface area (Å²) in [4.78, 5) is 0. The predicted molar refractivity (Wildman–Crippen MR) is 29.6 cm³/mol. The normalized spacial score (nSPS) is 9.83. The van der Waals surface area contributed by atoms with Gasteiger partial charge in [0.25, 0.3) is 0 Å². The molecule has 1 heteroatoms. The molecule has 6 heavy (non-hydrogen) atoms. The molecular weight excluding hydrogens is 70.9 g/mol. The van der Waals surface area contributed by atoms with Gasteiger partial charge in [0.2, 0.25) is 0 Å². The SMILES string of the molecule is [B][C-](CC)CC. The van der Waals surface area contributed by atoms with E-state index in [-0.39, 0.29) is 0 Å². The van der Waals surface area contributed by atoms with Gasteiger partial charge in [-0.1, -0.05) is 13.8 Å². The van der Waals surface area contributed by atoms with Crippen LogP contribution in [0, 0.1) is 5.82 Å². The van der Waals surface area contributed by atoms with E-state index in [4.69, 9.17) is 7.85 Å². The summed E-state index contributed by atoms with van der Waals surface area (Å²) in [6.07, 6.45) is 2.05. The lowest BCUT2D eigenvalue weighted by Crippen LogP contribution is -1.88. The maximum atomic E-state index is 5.39. The Balaban J connectivity index is 2.75. The Morgan fingerprint density at radius 3 is 1.67 bits per heavy atom. The van der Waals surface area contributed by atoms with Crippen LogP contribution in [-0.4, -0.2) is 7.85 Å². The van der Waals surface area contributed by atoms with Crippen LogP contribution in [0.5, 0.6) is 0 Å². The molecule has 0 N–H and O–H groups in total. The highest BCUT2D eigenvalue weighted by Crippen LogP contribution is 2.01. The van der Waals surface area contributed by atoms with Crippen molar-refractivity contribution in [3.8, 4) is 0 Å². The van der Waals surface area contributed by atoms with Crippen molar-refractivity contribution >= 4 is 7.85 Å². The molecule has 0 aromatic carbocycles. The fourth-order valence-corrected chi connectivity index (χ4v) is 0.250. The van der Waals surface area contributed by atoms with Crippen molar-refractivity contribution in [2.45, 2.75) is 26.7 Å². The molecule has 0 amide bonds. The van der Waals surface area contributed by atoms with Gasteiger partial charge in [0.05, 0.1) is 0 Å². The molecule has 0 aliphatic rings. The molecule has 0 aromatic rings. The van der Waals surface area contributed by atoms with Gasteiger partial charge < -0.3 is 5.82 Å².